The average molecular weight is 332 g/mol. The Bertz CT molecular complexity index is 894. The van der Waals surface area contributed by atoms with E-state index in [1.807, 2.05) is 41.8 Å². The first kappa shape index (κ1) is 16.4. The molecule has 0 aliphatic rings. The van der Waals surface area contributed by atoms with Crippen LogP contribution >= 0.6 is 11.3 Å². The molecule has 0 spiro atoms. The van der Waals surface area contributed by atoms with E-state index in [1.54, 1.807) is 11.3 Å². The molecular weight excluding hydrogens is 312 g/mol. The number of rotatable bonds is 4. The second-order valence-corrected chi connectivity index (χ2v) is 7.05. The van der Waals surface area contributed by atoms with Crippen molar-refractivity contribution in [2.45, 2.75) is 20.8 Å². The summed E-state index contributed by atoms with van der Waals surface area (Å²) in [5, 5.41) is 1.97. The number of ketones is 1. The summed E-state index contributed by atoms with van der Waals surface area (Å²) >= 11 is 1.54. The van der Waals surface area contributed by atoms with E-state index in [4.69, 9.17) is 0 Å². The molecule has 3 aromatic rings. The van der Waals surface area contributed by atoms with E-state index in [-0.39, 0.29) is 5.78 Å². The van der Waals surface area contributed by atoms with Gasteiger partial charge < -0.3 is 0 Å². The first-order valence-corrected chi connectivity index (χ1v) is 8.81. The summed E-state index contributed by atoms with van der Waals surface area (Å²) < 4.78 is 0. The SMILES string of the molecule is C=C(C(=O)c1ccccc1-c1c(C)cc(C)cc1C)c1cccs1. The van der Waals surface area contributed by atoms with Gasteiger partial charge >= 0.3 is 0 Å². The van der Waals surface area contributed by atoms with Crippen molar-refractivity contribution in [2.75, 3.05) is 0 Å². The molecule has 2 aromatic carbocycles. The Morgan fingerprint density at radius 3 is 2.25 bits per heavy atom. The van der Waals surface area contributed by atoms with Gasteiger partial charge in [-0.05, 0) is 54.5 Å². The van der Waals surface area contributed by atoms with E-state index in [9.17, 15) is 4.79 Å². The first-order chi connectivity index (χ1) is 11.5. The summed E-state index contributed by atoms with van der Waals surface area (Å²) in [4.78, 5) is 14.0. The van der Waals surface area contributed by atoms with Gasteiger partial charge in [0.2, 0.25) is 0 Å². The predicted octanol–water partition coefficient (Wildman–Crippen LogP) is 6.24. The van der Waals surface area contributed by atoms with Gasteiger partial charge in [-0.1, -0.05) is 54.6 Å². The van der Waals surface area contributed by atoms with Crippen LogP contribution in [0.4, 0.5) is 0 Å². The highest BCUT2D eigenvalue weighted by Crippen LogP contribution is 2.33. The topological polar surface area (TPSA) is 17.1 Å². The summed E-state index contributed by atoms with van der Waals surface area (Å²) in [7, 11) is 0. The number of Topliss-reactive ketones (excluding diaryl/α,β-unsaturated/α-hetero) is 1. The summed E-state index contributed by atoms with van der Waals surface area (Å²) in [5.41, 5.74) is 7.01. The lowest BCUT2D eigenvalue weighted by Crippen LogP contribution is -2.04. The van der Waals surface area contributed by atoms with Crippen LogP contribution in [0.1, 0.15) is 31.9 Å². The summed E-state index contributed by atoms with van der Waals surface area (Å²) in [5.74, 6) is -0.00701. The Labute approximate surface area is 147 Å². The number of hydrogen-bond acceptors (Lipinski definition) is 2. The lowest BCUT2D eigenvalue weighted by atomic mass is 9.88. The Balaban J connectivity index is 2.13. The molecule has 0 radical (unpaired) electrons. The number of carbonyl (C=O) groups excluding carboxylic acids is 1. The number of allylic oxidation sites excluding steroid dienone is 1. The molecule has 0 bridgehead atoms. The molecule has 1 nitrogen and oxygen atoms in total. The molecule has 0 atom stereocenters. The number of aryl methyl sites for hydroxylation is 3. The quantitative estimate of drug-likeness (QED) is 0.408. The van der Waals surface area contributed by atoms with Crippen LogP contribution < -0.4 is 0 Å². The molecule has 0 aliphatic heterocycles. The smallest absolute Gasteiger partial charge is 0.194 e. The maximum absolute atomic E-state index is 13.0. The van der Waals surface area contributed by atoms with Crippen LogP contribution in [0.2, 0.25) is 0 Å². The van der Waals surface area contributed by atoms with E-state index in [0.717, 1.165) is 16.0 Å². The third-order valence-electron chi connectivity index (χ3n) is 4.21. The molecule has 0 fully saturated rings. The zero-order valence-electron chi connectivity index (χ0n) is 14.2. The summed E-state index contributed by atoms with van der Waals surface area (Å²) in [6, 6.07) is 16.0. The van der Waals surface area contributed by atoms with Crippen LogP contribution in [0.5, 0.6) is 0 Å². The fourth-order valence-corrected chi connectivity index (χ4v) is 3.92. The molecule has 0 unspecified atom stereocenters. The fourth-order valence-electron chi connectivity index (χ4n) is 3.23. The Morgan fingerprint density at radius 2 is 1.62 bits per heavy atom. The van der Waals surface area contributed by atoms with Crippen molar-refractivity contribution in [1.29, 1.82) is 0 Å². The van der Waals surface area contributed by atoms with Crippen LogP contribution in [-0.2, 0) is 0 Å². The third kappa shape index (κ3) is 2.98. The molecule has 0 amide bonds. The van der Waals surface area contributed by atoms with E-state index in [1.165, 1.54) is 16.7 Å². The second kappa shape index (κ2) is 6.58. The largest absolute Gasteiger partial charge is 0.289 e. The van der Waals surface area contributed by atoms with Gasteiger partial charge in [-0.3, -0.25) is 4.79 Å². The van der Waals surface area contributed by atoms with E-state index in [0.29, 0.717) is 11.1 Å². The third-order valence-corrected chi connectivity index (χ3v) is 5.14. The van der Waals surface area contributed by atoms with Crippen molar-refractivity contribution in [1.82, 2.24) is 0 Å². The maximum atomic E-state index is 13.0. The van der Waals surface area contributed by atoms with Crippen molar-refractivity contribution in [3.63, 3.8) is 0 Å². The monoisotopic (exact) mass is 332 g/mol. The predicted molar refractivity (Wildman–Crippen MR) is 104 cm³/mol. The zero-order chi connectivity index (χ0) is 17.3. The van der Waals surface area contributed by atoms with Crippen LogP contribution in [0.25, 0.3) is 16.7 Å². The van der Waals surface area contributed by atoms with Gasteiger partial charge in [0.25, 0.3) is 0 Å². The van der Waals surface area contributed by atoms with Crippen LogP contribution in [-0.4, -0.2) is 5.78 Å². The lowest BCUT2D eigenvalue weighted by Gasteiger charge is -2.15. The lowest BCUT2D eigenvalue weighted by molar-refractivity contribution is 0.105. The number of thiophene rings is 1. The van der Waals surface area contributed by atoms with Crippen LogP contribution in [0.15, 0.2) is 60.5 Å². The highest BCUT2D eigenvalue weighted by atomic mass is 32.1. The van der Waals surface area contributed by atoms with Crippen molar-refractivity contribution in [3.8, 4) is 11.1 Å². The summed E-state index contributed by atoms with van der Waals surface area (Å²) in [6.07, 6.45) is 0. The fraction of sp³-hybridized carbons (Fsp3) is 0.136. The highest BCUT2D eigenvalue weighted by molar-refractivity contribution is 7.11. The molecule has 1 heterocycles. The van der Waals surface area contributed by atoms with Crippen LogP contribution in [0.3, 0.4) is 0 Å². The molecule has 24 heavy (non-hydrogen) atoms. The molecule has 3 rings (SSSR count). The summed E-state index contributed by atoms with van der Waals surface area (Å²) in [6.45, 7) is 10.3. The molecule has 2 heteroatoms. The Hall–Kier alpha value is -2.45. The average Bonchev–Trinajstić information content (AvgIpc) is 3.07. The van der Waals surface area contributed by atoms with E-state index in [2.05, 4.69) is 39.5 Å². The standard InChI is InChI=1S/C22H20OS/c1-14-12-15(2)21(16(3)13-14)18-8-5-6-9-19(18)22(23)17(4)20-10-7-11-24-20/h5-13H,4H2,1-3H3. The van der Waals surface area contributed by atoms with Gasteiger partial charge in [-0.25, -0.2) is 0 Å². The minimum Gasteiger partial charge on any atom is -0.289 e. The number of benzene rings is 2. The molecule has 0 saturated heterocycles. The molecule has 120 valence electrons. The highest BCUT2D eigenvalue weighted by Gasteiger charge is 2.19. The first-order valence-electron chi connectivity index (χ1n) is 7.93. The van der Waals surface area contributed by atoms with Gasteiger partial charge in [0, 0.05) is 16.0 Å². The van der Waals surface area contributed by atoms with Crippen LogP contribution in [0, 0.1) is 20.8 Å². The minimum absolute atomic E-state index is 0.00701. The molecule has 0 saturated carbocycles. The Kier molecular flexibility index (Phi) is 4.50. The zero-order valence-corrected chi connectivity index (χ0v) is 15.0. The van der Waals surface area contributed by atoms with Gasteiger partial charge in [-0.15, -0.1) is 11.3 Å². The van der Waals surface area contributed by atoms with Crippen molar-refractivity contribution in [2.24, 2.45) is 0 Å². The van der Waals surface area contributed by atoms with Gasteiger partial charge in [-0.2, -0.15) is 0 Å². The second-order valence-electron chi connectivity index (χ2n) is 6.10. The molecule has 0 N–H and O–H groups in total. The number of hydrogen-bond donors (Lipinski definition) is 0. The Morgan fingerprint density at radius 1 is 0.958 bits per heavy atom. The maximum Gasteiger partial charge on any atom is 0.194 e. The van der Waals surface area contributed by atoms with Crippen molar-refractivity contribution in [3.05, 3.63) is 87.6 Å². The van der Waals surface area contributed by atoms with Crippen molar-refractivity contribution >= 4 is 22.7 Å². The normalized spacial score (nSPS) is 10.6. The van der Waals surface area contributed by atoms with E-state index < -0.39 is 0 Å². The van der Waals surface area contributed by atoms with Gasteiger partial charge in [0.05, 0.1) is 0 Å². The molecule has 1 aromatic heterocycles. The van der Waals surface area contributed by atoms with Gasteiger partial charge in [0.1, 0.15) is 0 Å². The van der Waals surface area contributed by atoms with E-state index >= 15 is 0 Å². The number of carbonyl (C=O) groups is 1. The van der Waals surface area contributed by atoms with Gasteiger partial charge in [0.15, 0.2) is 5.78 Å². The molecule has 0 aliphatic carbocycles. The minimum atomic E-state index is -0.00701. The van der Waals surface area contributed by atoms with Crippen molar-refractivity contribution < 1.29 is 4.79 Å². The molecular formula is C22H20OS.